The highest BCUT2D eigenvalue weighted by Gasteiger charge is 2.37. The Bertz CT molecular complexity index is 611. The van der Waals surface area contributed by atoms with Crippen LogP contribution in [0, 0.1) is 0 Å². The van der Waals surface area contributed by atoms with Crippen molar-refractivity contribution in [3.05, 3.63) is 35.9 Å². The molecule has 26 heavy (non-hydrogen) atoms. The van der Waals surface area contributed by atoms with E-state index in [2.05, 4.69) is 29.0 Å². The van der Waals surface area contributed by atoms with Crippen molar-refractivity contribution >= 4 is 11.8 Å². The second-order valence-corrected chi connectivity index (χ2v) is 7.67. The Kier molecular flexibility index (Phi) is 6.30. The number of hydrogen-bond acceptors (Lipinski definition) is 3. The van der Waals surface area contributed by atoms with E-state index in [0.717, 1.165) is 51.7 Å². The van der Waals surface area contributed by atoms with E-state index in [0.29, 0.717) is 6.54 Å². The number of likely N-dealkylation sites (tertiary alicyclic amines) is 2. The molecule has 5 nitrogen and oxygen atoms in total. The van der Waals surface area contributed by atoms with E-state index in [1.165, 1.54) is 5.56 Å². The number of nitrogens with zero attached hydrogens (tertiary/aromatic N) is 3. The highest BCUT2D eigenvalue weighted by molar-refractivity contribution is 5.87. The lowest BCUT2D eigenvalue weighted by atomic mass is 10.0. The lowest BCUT2D eigenvalue weighted by Crippen LogP contribution is -2.53. The predicted molar refractivity (Wildman–Crippen MR) is 103 cm³/mol. The molecule has 0 N–H and O–H groups in total. The summed E-state index contributed by atoms with van der Waals surface area (Å²) in [5.41, 5.74) is 1.26. The average molecular weight is 357 g/mol. The molecule has 2 aliphatic rings. The highest BCUT2D eigenvalue weighted by Crippen LogP contribution is 2.24. The third-order valence-electron chi connectivity index (χ3n) is 5.84. The molecule has 2 heterocycles. The second-order valence-electron chi connectivity index (χ2n) is 7.67. The monoisotopic (exact) mass is 357 g/mol. The van der Waals surface area contributed by atoms with Crippen LogP contribution in [0.15, 0.2) is 30.3 Å². The van der Waals surface area contributed by atoms with Gasteiger partial charge < -0.3 is 14.7 Å². The summed E-state index contributed by atoms with van der Waals surface area (Å²) >= 11 is 0. The molecule has 0 spiro atoms. The van der Waals surface area contributed by atoms with Crippen molar-refractivity contribution in [2.45, 2.75) is 51.1 Å². The number of carbonyl (C=O) groups excluding carboxylic acids is 2. The first-order chi connectivity index (χ1) is 12.6. The van der Waals surface area contributed by atoms with Gasteiger partial charge in [0.15, 0.2) is 0 Å². The Morgan fingerprint density at radius 2 is 1.77 bits per heavy atom. The van der Waals surface area contributed by atoms with Crippen LogP contribution in [0.1, 0.15) is 38.2 Å². The van der Waals surface area contributed by atoms with Crippen molar-refractivity contribution in [3.63, 3.8) is 0 Å². The van der Waals surface area contributed by atoms with Gasteiger partial charge in [-0.25, -0.2) is 0 Å². The van der Waals surface area contributed by atoms with E-state index in [-0.39, 0.29) is 23.9 Å². The van der Waals surface area contributed by atoms with Gasteiger partial charge in [0.25, 0.3) is 0 Å². The maximum absolute atomic E-state index is 13.4. The average Bonchev–Trinajstić information content (AvgIpc) is 3.14. The summed E-state index contributed by atoms with van der Waals surface area (Å²) in [4.78, 5) is 31.5. The highest BCUT2D eigenvalue weighted by atomic mass is 16.2. The molecular formula is C21H31N3O2. The molecule has 1 aromatic carbocycles. The minimum Gasteiger partial charge on any atom is -0.337 e. The van der Waals surface area contributed by atoms with E-state index in [1.54, 1.807) is 11.8 Å². The summed E-state index contributed by atoms with van der Waals surface area (Å²) in [6, 6.07) is 10.4. The molecule has 142 valence electrons. The van der Waals surface area contributed by atoms with Crippen LogP contribution in [-0.2, 0) is 16.0 Å². The fourth-order valence-electron chi connectivity index (χ4n) is 4.27. The normalized spacial score (nSPS) is 21.8. The van der Waals surface area contributed by atoms with Gasteiger partial charge in [-0.05, 0) is 57.8 Å². The third-order valence-corrected chi connectivity index (χ3v) is 5.84. The molecule has 0 aliphatic carbocycles. The zero-order chi connectivity index (χ0) is 18.5. The second kappa shape index (κ2) is 8.67. The fourth-order valence-corrected chi connectivity index (χ4v) is 4.27. The van der Waals surface area contributed by atoms with Crippen molar-refractivity contribution in [2.24, 2.45) is 0 Å². The van der Waals surface area contributed by atoms with Gasteiger partial charge in [-0.15, -0.1) is 0 Å². The first kappa shape index (κ1) is 18.9. The number of rotatable bonds is 5. The fraction of sp³-hybridized carbons (Fsp3) is 0.619. The van der Waals surface area contributed by atoms with Crippen molar-refractivity contribution in [2.75, 3.05) is 33.2 Å². The van der Waals surface area contributed by atoms with E-state index < -0.39 is 0 Å². The van der Waals surface area contributed by atoms with Crippen LogP contribution in [-0.4, -0.2) is 71.8 Å². The molecule has 0 aromatic heterocycles. The van der Waals surface area contributed by atoms with Crippen LogP contribution in [0.3, 0.4) is 0 Å². The molecule has 0 bridgehead atoms. The van der Waals surface area contributed by atoms with Gasteiger partial charge in [0.05, 0.1) is 0 Å². The number of hydrogen-bond donors (Lipinski definition) is 0. The third kappa shape index (κ3) is 4.44. The van der Waals surface area contributed by atoms with E-state index in [4.69, 9.17) is 0 Å². The van der Waals surface area contributed by atoms with Gasteiger partial charge in [-0.2, -0.15) is 0 Å². The van der Waals surface area contributed by atoms with Crippen LogP contribution in [0.25, 0.3) is 0 Å². The van der Waals surface area contributed by atoms with Gasteiger partial charge in [0.2, 0.25) is 11.8 Å². The molecular weight excluding hydrogens is 326 g/mol. The minimum atomic E-state index is -0.261. The van der Waals surface area contributed by atoms with Gasteiger partial charge in [0, 0.05) is 26.1 Å². The number of benzene rings is 1. The number of piperidine rings is 1. The molecule has 2 amide bonds. The Morgan fingerprint density at radius 1 is 1.08 bits per heavy atom. The van der Waals surface area contributed by atoms with E-state index in [1.807, 2.05) is 18.2 Å². The zero-order valence-electron chi connectivity index (χ0n) is 16.1. The molecule has 0 radical (unpaired) electrons. The summed E-state index contributed by atoms with van der Waals surface area (Å²) in [6.07, 6.45) is 4.63. The Labute approximate surface area is 156 Å². The van der Waals surface area contributed by atoms with Crippen molar-refractivity contribution in [3.8, 4) is 0 Å². The smallest absolute Gasteiger partial charge is 0.245 e. The Balaban J connectivity index is 1.73. The first-order valence-corrected chi connectivity index (χ1v) is 9.86. The number of carbonyl (C=O) groups is 2. The standard InChI is InChI=1S/C21H31N3O2/c1-17(25)23-13-6-9-20(23)21(26)24(19-11-14-22(2)15-12-19)16-10-18-7-4-3-5-8-18/h3-5,7-8,19-20H,6,9-16H2,1-2H3/t20-/m1/s1. The summed E-state index contributed by atoms with van der Waals surface area (Å²) in [7, 11) is 2.14. The molecule has 0 unspecified atom stereocenters. The molecule has 2 saturated heterocycles. The zero-order valence-corrected chi connectivity index (χ0v) is 16.1. The van der Waals surface area contributed by atoms with Gasteiger partial charge in [-0.1, -0.05) is 30.3 Å². The largest absolute Gasteiger partial charge is 0.337 e. The minimum absolute atomic E-state index is 0.0206. The van der Waals surface area contributed by atoms with Crippen molar-refractivity contribution in [1.82, 2.24) is 14.7 Å². The summed E-state index contributed by atoms with van der Waals surface area (Å²) in [5, 5.41) is 0. The maximum Gasteiger partial charge on any atom is 0.245 e. The molecule has 2 aliphatic heterocycles. The summed E-state index contributed by atoms with van der Waals surface area (Å²) in [6.45, 7) is 5.09. The van der Waals surface area contributed by atoms with E-state index in [9.17, 15) is 9.59 Å². The SMILES string of the molecule is CC(=O)N1CCC[C@@H]1C(=O)N(CCc1ccccc1)C1CCN(C)CC1. The van der Waals surface area contributed by atoms with Crippen LogP contribution in [0.5, 0.6) is 0 Å². The first-order valence-electron chi connectivity index (χ1n) is 9.86. The van der Waals surface area contributed by atoms with Gasteiger partial charge in [0.1, 0.15) is 6.04 Å². The van der Waals surface area contributed by atoms with Crippen molar-refractivity contribution in [1.29, 1.82) is 0 Å². The van der Waals surface area contributed by atoms with Crippen LogP contribution >= 0.6 is 0 Å². The predicted octanol–water partition coefficient (Wildman–Crippen LogP) is 2.16. The lowest BCUT2D eigenvalue weighted by Gasteiger charge is -2.39. The Hall–Kier alpha value is -1.88. The van der Waals surface area contributed by atoms with Crippen LogP contribution in [0.2, 0.25) is 0 Å². The van der Waals surface area contributed by atoms with Gasteiger partial charge in [-0.3, -0.25) is 9.59 Å². The Morgan fingerprint density at radius 3 is 2.42 bits per heavy atom. The van der Waals surface area contributed by atoms with Gasteiger partial charge >= 0.3 is 0 Å². The topological polar surface area (TPSA) is 43.9 Å². The lowest BCUT2D eigenvalue weighted by molar-refractivity contribution is -0.145. The van der Waals surface area contributed by atoms with E-state index >= 15 is 0 Å². The molecule has 0 saturated carbocycles. The molecule has 1 atom stereocenters. The maximum atomic E-state index is 13.4. The summed E-state index contributed by atoms with van der Waals surface area (Å²) in [5.74, 6) is 0.176. The molecule has 3 rings (SSSR count). The number of amides is 2. The van der Waals surface area contributed by atoms with Crippen LogP contribution in [0.4, 0.5) is 0 Å². The molecule has 2 fully saturated rings. The quantitative estimate of drug-likeness (QED) is 0.811. The van der Waals surface area contributed by atoms with Crippen LogP contribution < -0.4 is 0 Å². The molecule has 5 heteroatoms. The molecule has 1 aromatic rings. The van der Waals surface area contributed by atoms with Crippen molar-refractivity contribution < 1.29 is 9.59 Å². The summed E-state index contributed by atoms with van der Waals surface area (Å²) < 4.78 is 0.